The van der Waals surface area contributed by atoms with Gasteiger partial charge in [0.05, 0.1) is 50.6 Å². The first-order valence-electron chi connectivity index (χ1n) is 19.2. The van der Waals surface area contributed by atoms with Gasteiger partial charge < -0.3 is 9.13 Å². The van der Waals surface area contributed by atoms with Crippen molar-refractivity contribution in [3.8, 4) is 51.3 Å². The molecular weight excluding hydrogens is 760 g/mol. The summed E-state index contributed by atoms with van der Waals surface area (Å²) >= 11 is 0. The van der Waals surface area contributed by atoms with Crippen LogP contribution < -0.4 is 0 Å². The predicted octanol–water partition coefficient (Wildman–Crippen LogP) is 11.4. The summed E-state index contributed by atoms with van der Waals surface area (Å²) in [6, 6.07) is 38.4. The molecule has 9 nitrogen and oxygen atoms in total. The van der Waals surface area contributed by atoms with Crippen molar-refractivity contribution in [1.82, 2.24) is 39.0 Å². The topological polar surface area (TPSA) is 111 Å². The molecule has 0 spiro atoms. The van der Waals surface area contributed by atoms with E-state index in [9.17, 15) is 5.26 Å². The molecule has 0 N–H and O–H groups in total. The zero-order chi connectivity index (χ0) is 41.4. The number of aromatic nitrogens is 8. The number of alkyl halides is 3. The maximum absolute atomic E-state index is 15.9. The minimum Gasteiger partial charge on any atom is -0.309 e. The molecule has 6 aromatic carbocycles. The molecule has 0 fully saturated rings. The number of fused-ring (bicyclic) bond motifs is 6. The molecule has 0 saturated carbocycles. The van der Waals surface area contributed by atoms with Crippen LogP contribution >= 0.6 is 0 Å². The van der Waals surface area contributed by atoms with E-state index in [-0.39, 0.29) is 5.69 Å². The van der Waals surface area contributed by atoms with Gasteiger partial charge in [-0.2, -0.15) is 18.4 Å². The van der Waals surface area contributed by atoms with E-state index in [2.05, 4.69) is 36.0 Å². The first-order chi connectivity index (χ1) is 28.9. The number of para-hydroxylation sites is 2. The first-order valence-corrected chi connectivity index (χ1v) is 19.2. The van der Waals surface area contributed by atoms with Crippen LogP contribution in [0.5, 0.6) is 0 Å². The Kier molecular flexibility index (Phi) is 8.33. The molecular formula is C48H32F3N9. The molecule has 12 heteroatoms. The largest absolute Gasteiger partial charge is 0.418 e. The molecule has 0 bridgehead atoms. The van der Waals surface area contributed by atoms with E-state index >= 15 is 13.2 Å². The molecule has 0 unspecified atom stereocenters. The van der Waals surface area contributed by atoms with Crippen molar-refractivity contribution in [2.75, 3.05) is 0 Å². The second kappa shape index (κ2) is 13.7. The highest BCUT2D eigenvalue weighted by molar-refractivity contribution is 6.12. The number of benzene rings is 6. The van der Waals surface area contributed by atoms with Crippen molar-refractivity contribution in [2.45, 2.75) is 33.9 Å². The van der Waals surface area contributed by atoms with E-state index in [4.69, 9.17) is 0 Å². The van der Waals surface area contributed by atoms with Crippen molar-refractivity contribution < 1.29 is 13.2 Å². The van der Waals surface area contributed by atoms with Crippen molar-refractivity contribution in [2.24, 2.45) is 0 Å². The van der Waals surface area contributed by atoms with Crippen molar-refractivity contribution >= 4 is 43.6 Å². The average Bonchev–Trinajstić information content (AvgIpc) is 3.74. The Morgan fingerprint density at radius 2 is 0.950 bits per heavy atom. The summed E-state index contributed by atoms with van der Waals surface area (Å²) < 4.78 is 51.3. The fourth-order valence-corrected chi connectivity index (χ4v) is 8.39. The molecule has 0 saturated heterocycles. The standard InChI is InChI=1S/C48H32F3N9/c1-26-53-27(2)56-46(55-26)32-16-18-42-37(21-32)34-12-5-7-14-40(34)59(42)44-24-39(48(49,50)51)45(23-36(44)31-11-9-10-30(20-31)25-52)60-41-15-8-6-13-35(41)38-22-33(17-19-43(38)60)47-57-28(3)54-29(4)58-47/h5-24H,1-4H3. The van der Waals surface area contributed by atoms with Gasteiger partial charge in [0.15, 0.2) is 11.6 Å². The molecule has 0 aliphatic heterocycles. The fraction of sp³-hybridized carbons (Fsp3) is 0.104. The lowest BCUT2D eigenvalue weighted by atomic mass is 9.97. The molecule has 0 atom stereocenters. The van der Waals surface area contributed by atoms with Gasteiger partial charge in [0.2, 0.25) is 0 Å². The van der Waals surface area contributed by atoms with Crippen LogP contribution in [0.2, 0.25) is 0 Å². The Balaban J connectivity index is 1.29. The minimum absolute atomic E-state index is 0.0574. The van der Waals surface area contributed by atoms with Gasteiger partial charge in [-0.25, -0.2) is 29.9 Å². The van der Waals surface area contributed by atoms with Gasteiger partial charge in [0.25, 0.3) is 0 Å². The lowest BCUT2D eigenvalue weighted by Gasteiger charge is -2.22. The highest BCUT2D eigenvalue weighted by Gasteiger charge is 2.37. The van der Waals surface area contributed by atoms with Crippen LogP contribution in [-0.2, 0) is 6.18 Å². The van der Waals surface area contributed by atoms with Gasteiger partial charge >= 0.3 is 6.18 Å². The molecule has 60 heavy (non-hydrogen) atoms. The Labute approximate surface area is 341 Å². The summed E-state index contributed by atoms with van der Waals surface area (Å²) in [7, 11) is 0. The normalized spacial score (nSPS) is 11.9. The number of nitriles is 1. The minimum atomic E-state index is -4.78. The van der Waals surface area contributed by atoms with Crippen LogP contribution in [-0.4, -0.2) is 39.0 Å². The van der Waals surface area contributed by atoms with Crippen LogP contribution in [0.15, 0.2) is 121 Å². The van der Waals surface area contributed by atoms with E-state index in [0.29, 0.717) is 79.4 Å². The van der Waals surface area contributed by atoms with Crippen LogP contribution in [0.3, 0.4) is 0 Å². The SMILES string of the molecule is Cc1nc(C)nc(-c2ccc3c(c2)c2ccccc2n3-c2cc(C(F)(F)F)c(-n3c4ccccc4c4cc(-c5nc(C)nc(C)n5)ccc43)cc2-c2cccc(C#N)c2)n1. The number of hydrogen-bond donors (Lipinski definition) is 0. The van der Waals surface area contributed by atoms with Gasteiger partial charge in [-0.05, 0) is 106 Å². The smallest absolute Gasteiger partial charge is 0.309 e. The molecule has 4 heterocycles. The quantitative estimate of drug-likeness (QED) is 0.171. The summed E-state index contributed by atoms with van der Waals surface area (Å²) in [5.74, 6) is 3.30. The summed E-state index contributed by atoms with van der Waals surface area (Å²) in [5, 5.41) is 13.2. The fourth-order valence-electron chi connectivity index (χ4n) is 8.39. The molecule has 290 valence electrons. The van der Waals surface area contributed by atoms with Crippen LogP contribution in [0, 0.1) is 39.0 Å². The maximum atomic E-state index is 15.9. The van der Waals surface area contributed by atoms with E-state index in [1.807, 2.05) is 109 Å². The lowest BCUT2D eigenvalue weighted by Crippen LogP contribution is -2.13. The monoisotopic (exact) mass is 791 g/mol. The number of nitrogens with zero attached hydrogens (tertiary/aromatic N) is 9. The van der Waals surface area contributed by atoms with Gasteiger partial charge in [0, 0.05) is 38.2 Å². The zero-order valence-electron chi connectivity index (χ0n) is 32.7. The van der Waals surface area contributed by atoms with E-state index in [1.54, 1.807) is 42.7 Å². The van der Waals surface area contributed by atoms with Crippen molar-refractivity contribution in [1.29, 1.82) is 5.26 Å². The second-order valence-corrected chi connectivity index (χ2v) is 14.8. The van der Waals surface area contributed by atoms with E-state index < -0.39 is 11.7 Å². The van der Waals surface area contributed by atoms with Gasteiger partial charge in [-0.1, -0.05) is 48.5 Å². The lowest BCUT2D eigenvalue weighted by molar-refractivity contribution is -0.137. The summed E-state index contributed by atoms with van der Waals surface area (Å²) in [4.78, 5) is 26.9. The Bertz CT molecular complexity index is 3410. The van der Waals surface area contributed by atoms with Gasteiger partial charge in [-0.15, -0.1) is 0 Å². The molecule has 0 aliphatic carbocycles. The molecule has 10 rings (SSSR count). The third kappa shape index (κ3) is 6.02. The van der Waals surface area contributed by atoms with Crippen LogP contribution in [0.4, 0.5) is 13.2 Å². The summed E-state index contributed by atoms with van der Waals surface area (Å²) in [6.45, 7) is 7.21. The molecule has 10 aromatic rings. The zero-order valence-corrected chi connectivity index (χ0v) is 32.7. The average molecular weight is 792 g/mol. The van der Waals surface area contributed by atoms with Crippen molar-refractivity contribution in [3.63, 3.8) is 0 Å². The third-order valence-electron chi connectivity index (χ3n) is 10.8. The second-order valence-electron chi connectivity index (χ2n) is 14.8. The Hall–Kier alpha value is -7.78. The first kappa shape index (κ1) is 36.6. The summed E-state index contributed by atoms with van der Waals surface area (Å²) in [6.07, 6.45) is -4.78. The van der Waals surface area contributed by atoms with E-state index in [1.165, 1.54) is 6.07 Å². The van der Waals surface area contributed by atoms with Crippen LogP contribution in [0.25, 0.3) is 88.9 Å². The number of aryl methyl sites for hydroxylation is 4. The van der Waals surface area contributed by atoms with Crippen molar-refractivity contribution in [3.05, 3.63) is 156 Å². The molecule has 0 radical (unpaired) electrons. The Morgan fingerprint density at radius 3 is 1.45 bits per heavy atom. The molecule has 0 aliphatic rings. The van der Waals surface area contributed by atoms with Gasteiger partial charge in [0.1, 0.15) is 23.3 Å². The number of hydrogen-bond acceptors (Lipinski definition) is 7. The highest BCUT2D eigenvalue weighted by Crippen LogP contribution is 2.45. The highest BCUT2D eigenvalue weighted by atomic mass is 19.4. The number of rotatable bonds is 5. The summed E-state index contributed by atoms with van der Waals surface area (Å²) in [5.41, 5.74) is 4.92. The third-order valence-corrected chi connectivity index (χ3v) is 10.8. The maximum Gasteiger partial charge on any atom is 0.418 e. The van der Waals surface area contributed by atoms with Crippen LogP contribution in [0.1, 0.15) is 34.4 Å². The Morgan fingerprint density at radius 1 is 0.467 bits per heavy atom. The molecule has 0 amide bonds. The van der Waals surface area contributed by atoms with E-state index in [0.717, 1.165) is 32.7 Å². The number of halogens is 3. The van der Waals surface area contributed by atoms with Gasteiger partial charge in [-0.3, -0.25) is 0 Å². The predicted molar refractivity (Wildman–Crippen MR) is 227 cm³/mol. The molecule has 4 aromatic heterocycles.